The maximum absolute atomic E-state index is 13.2. The first-order valence-corrected chi connectivity index (χ1v) is 17.7. The number of hydrogen-bond donors (Lipinski definition) is 0. The molecule has 5 aliphatic carbocycles. The van der Waals surface area contributed by atoms with Crippen molar-refractivity contribution in [2.75, 3.05) is 25.6 Å². The number of nitrogens with zero attached hydrogens (tertiary/aromatic N) is 2. The molecule has 0 bridgehead atoms. The van der Waals surface area contributed by atoms with Crippen molar-refractivity contribution in [3.05, 3.63) is 36.7 Å². The highest BCUT2D eigenvalue weighted by molar-refractivity contribution is 5.68. The highest BCUT2D eigenvalue weighted by atomic mass is 16.5. The number of anilines is 1. The molecule has 0 saturated heterocycles. The monoisotopic (exact) mass is 604 g/mol. The third kappa shape index (κ3) is 4.55. The van der Waals surface area contributed by atoms with E-state index in [4.69, 9.17) is 4.74 Å². The number of allylic oxidation sites excluding steroid dienone is 1. The van der Waals surface area contributed by atoms with Crippen molar-refractivity contribution < 1.29 is 19.2 Å². The summed E-state index contributed by atoms with van der Waals surface area (Å²) in [5, 5.41) is 12.9. The third-order valence-electron chi connectivity index (χ3n) is 15.4. The summed E-state index contributed by atoms with van der Waals surface area (Å²) in [6, 6.07) is 4.08. The van der Waals surface area contributed by atoms with Gasteiger partial charge < -0.3 is 14.7 Å². The van der Waals surface area contributed by atoms with Gasteiger partial charge in [-0.2, -0.15) is 4.57 Å². The molecule has 6 rings (SSSR count). The number of carbonyl (C=O) groups excluding carboxylic acids is 1. The van der Waals surface area contributed by atoms with Crippen molar-refractivity contribution >= 4 is 11.7 Å². The second-order valence-corrected chi connectivity index (χ2v) is 17.7. The maximum atomic E-state index is 13.2. The van der Waals surface area contributed by atoms with Gasteiger partial charge in [-0.05, 0) is 122 Å². The van der Waals surface area contributed by atoms with Crippen LogP contribution in [0.3, 0.4) is 0 Å². The molecular formula is C39H60N2O3. The Morgan fingerprint density at radius 3 is 2.27 bits per heavy atom. The third-order valence-corrected chi connectivity index (χ3v) is 15.4. The van der Waals surface area contributed by atoms with E-state index in [-0.39, 0.29) is 52.3 Å². The number of hydrogen-bond acceptors (Lipinski definition) is 4. The Labute approximate surface area is 267 Å². The van der Waals surface area contributed by atoms with Gasteiger partial charge in [-0.3, -0.25) is 0 Å². The van der Waals surface area contributed by atoms with Gasteiger partial charge in [0.2, 0.25) is 6.54 Å². The van der Waals surface area contributed by atoms with E-state index in [0.717, 1.165) is 31.4 Å². The summed E-state index contributed by atoms with van der Waals surface area (Å²) in [7, 11) is 4.05. The fourth-order valence-electron chi connectivity index (χ4n) is 12.9. The van der Waals surface area contributed by atoms with Gasteiger partial charge in [0.1, 0.15) is 6.10 Å². The van der Waals surface area contributed by atoms with Crippen LogP contribution in [-0.2, 0) is 16.1 Å². The smallest absolute Gasteiger partial charge is 0.372 e. The van der Waals surface area contributed by atoms with E-state index in [1.54, 1.807) is 0 Å². The van der Waals surface area contributed by atoms with E-state index in [9.17, 15) is 9.90 Å². The first-order valence-electron chi connectivity index (χ1n) is 17.7. The van der Waals surface area contributed by atoms with Crippen LogP contribution < -0.4 is 14.6 Å². The van der Waals surface area contributed by atoms with Crippen molar-refractivity contribution in [1.82, 2.24) is 0 Å². The van der Waals surface area contributed by atoms with E-state index in [1.165, 1.54) is 44.1 Å². The van der Waals surface area contributed by atoms with Gasteiger partial charge in [-0.1, -0.05) is 46.8 Å². The fourth-order valence-corrected chi connectivity index (χ4v) is 12.9. The quantitative estimate of drug-likeness (QED) is 0.200. The number of aromatic nitrogens is 1. The molecule has 0 aliphatic heterocycles. The summed E-state index contributed by atoms with van der Waals surface area (Å²) in [4.78, 5) is 15.3. The molecule has 5 heteroatoms. The first kappa shape index (κ1) is 32.1. The van der Waals surface area contributed by atoms with Gasteiger partial charge in [0.05, 0.1) is 0 Å². The van der Waals surface area contributed by atoms with Crippen LogP contribution in [0.25, 0.3) is 0 Å². The molecule has 5 unspecified atom stereocenters. The Balaban J connectivity index is 1.21. The minimum absolute atomic E-state index is 0.00526. The van der Waals surface area contributed by atoms with Gasteiger partial charge in [-0.25, -0.2) is 4.79 Å². The van der Waals surface area contributed by atoms with Crippen LogP contribution in [0, 0.1) is 56.7 Å². The van der Waals surface area contributed by atoms with Crippen LogP contribution in [0.4, 0.5) is 5.69 Å². The summed E-state index contributed by atoms with van der Waals surface area (Å²) >= 11 is 0. The Kier molecular flexibility index (Phi) is 7.91. The number of ether oxygens (including phenoxy) is 1. The molecule has 0 radical (unpaired) electrons. The highest BCUT2D eigenvalue weighted by Gasteiger charge is 2.70. The summed E-state index contributed by atoms with van der Waals surface area (Å²) < 4.78 is 8.27. The second kappa shape index (κ2) is 10.8. The van der Waals surface area contributed by atoms with E-state index in [1.807, 2.05) is 43.2 Å². The standard InChI is InChI=1S/C39H60N2O3/c1-26(2)28-12-19-39(25-42)21-20-37(6)29(34(28)39)10-11-31-36(5)17-14-32(35(3,4)30(36)13-18-38(31,37)7)44-33(43)24-41-22-15-27(16-23-41)40(8)9/h15-16,22-23,28-32,34H,1,10-14,17-21,24-25H2,2-9H3/t28?,29?,30?,31?,32-,34?,36-,37+,38+,39+/m0/s1. The molecule has 0 spiro atoms. The van der Waals surface area contributed by atoms with Crippen LogP contribution in [0.5, 0.6) is 0 Å². The molecule has 0 N–H and O–H groups in total. The molecule has 0 amide bonds. The average molecular weight is 605 g/mol. The zero-order chi connectivity index (χ0) is 31.9. The number of rotatable bonds is 6. The molecule has 10 atom stereocenters. The van der Waals surface area contributed by atoms with E-state index < -0.39 is 0 Å². The Bertz CT molecular complexity index is 1270. The molecule has 1 heterocycles. The minimum Gasteiger partial charge on any atom is -0.854 e. The summed E-state index contributed by atoms with van der Waals surface area (Å²) in [5.41, 5.74) is 3.13. The number of pyridine rings is 1. The van der Waals surface area contributed by atoms with Crippen molar-refractivity contribution in [2.24, 2.45) is 56.7 Å². The first-order chi connectivity index (χ1) is 20.6. The van der Waals surface area contributed by atoms with Crippen molar-refractivity contribution in [3.63, 3.8) is 0 Å². The lowest BCUT2D eigenvalue weighted by Gasteiger charge is -2.73. The van der Waals surface area contributed by atoms with Gasteiger partial charge >= 0.3 is 5.97 Å². The SMILES string of the molecule is C=C(C)C1CC[C@]2(C[O-])CC[C@]3(C)C(CCC4[C@@]5(C)CC[C@H](OC(=O)C[n+]6ccc(N(C)C)cc6)C(C)(C)C5CC[C@]43C)C12. The van der Waals surface area contributed by atoms with Gasteiger partial charge in [0.15, 0.2) is 12.4 Å². The van der Waals surface area contributed by atoms with Crippen LogP contribution in [0.2, 0.25) is 0 Å². The molecule has 1 aromatic heterocycles. The fraction of sp³-hybridized carbons (Fsp3) is 0.795. The second-order valence-electron chi connectivity index (χ2n) is 17.7. The maximum Gasteiger partial charge on any atom is 0.372 e. The number of fused-ring (bicyclic) bond motifs is 7. The lowest BCUT2D eigenvalue weighted by atomic mass is 9.32. The molecule has 44 heavy (non-hydrogen) atoms. The minimum atomic E-state index is -0.129. The molecule has 1 aromatic rings. The van der Waals surface area contributed by atoms with Gasteiger partial charge in [0, 0.05) is 37.3 Å². The molecule has 5 nitrogen and oxygen atoms in total. The van der Waals surface area contributed by atoms with Crippen molar-refractivity contribution in [3.8, 4) is 0 Å². The Morgan fingerprint density at radius 1 is 0.932 bits per heavy atom. The predicted molar refractivity (Wildman–Crippen MR) is 175 cm³/mol. The lowest BCUT2D eigenvalue weighted by Crippen LogP contribution is -2.67. The van der Waals surface area contributed by atoms with Crippen molar-refractivity contribution in [2.45, 2.75) is 118 Å². The normalized spacial score (nSPS) is 44.0. The zero-order valence-electron chi connectivity index (χ0n) is 29.1. The topological polar surface area (TPSA) is 56.5 Å². The Morgan fingerprint density at radius 2 is 1.64 bits per heavy atom. The molecule has 5 aliphatic rings. The van der Waals surface area contributed by atoms with Gasteiger partial charge in [-0.15, -0.1) is 6.61 Å². The van der Waals surface area contributed by atoms with Crippen LogP contribution in [0.1, 0.15) is 106 Å². The number of esters is 1. The van der Waals surface area contributed by atoms with E-state index >= 15 is 0 Å². The highest BCUT2D eigenvalue weighted by Crippen LogP contribution is 2.77. The summed E-state index contributed by atoms with van der Waals surface area (Å²) in [6.07, 6.45) is 15.6. The van der Waals surface area contributed by atoms with E-state index in [2.05, 4.69) is 53.0 Å². The predicted octanol–water partition coefficient (Wildman–Crippen LogP) is 6.97. The summed E-state index contributed by atoms with van der Waals surface area (Å²) in [6.45, 7) is 19.7. The molecule has 5 saturated carbocycles. The molecular weight excluding hydrogens is 544 g/mol. The Hall–Kier alpha value is -1.88. The molecule has 5 fully saturated rings. The van der Waals surface area contributed by atoms with Crippen molar-refractivity contribution in [1.29, 1.82) is 0 Å². The molecule has 0 aromatic carbocycles. The van der Waals surface area contributed by atoms with E-state index in [0.29, 0.717) is 29.6 Å². The van der Waals surface area contributed by atoms with Gasteiger partial charge in [0.25, 0.3) is 0 Å². The average Bonchev–Trinajstić information content (AvgIpc) is 3.36. The molecule has 244 valence electrons. The zero-order valence-corrected chi connectivity index (χ0v) is 29.1. The largest absolute Gasteiger partial charge is 0.854 e. The van der Waals surface area contributed by atoms with Crippen LogP contribution >= 0.6 is 0 Å². The summed E-state index contributed by atoms with van der Waals surface area (Å²) in [5.74, 6) is 2.74. The number of carbonyl (C=O) groups is 1. The van der Waals surface area contributed by atoms with Crippen LogP contribution in [-0.4, -0.2) is 32.8 Å². The van der Waals surface area contributed by atoms with Crippen LogP contribution in [0.15, 0.2) is 36.7 Å². The lowest BCUT2D eigenvalue weighted by molar-refractivity contribution is -0.686.